The topological polar surface area (TPSA) is 151 Å². The van der Waals surface area contributed by atoms with E-state index in [4.69, 9.17) is 15.3 Å². The number of primary amides is 1. The number of amides is 5. The van der Waals surface area contributed by atoms with Gasteiger partial charge in [-0.2, -0.15) is 0 Å². The van der Waals surface area contributed by atoms with Crippen LogP contribution in [0.4, 0.5) is 4.79 Å². The maximum atomic E-state index is 14.0. The number of ketones is 1. The van der Waals surface area contributed by atoms with Gasteiger partial charge in [0.2, 0.25) is 17.6 Å². The summed E-state index contributed by atoms with van der Waals surface area (Å²) < 4.78 is 56.6. The zero-order chi connectivity index (χ0) is 34.4. The van der Waals surface area contributed by atoms with E-state index in [1.54, 1.807) is 41.5 Å². The van der Waals surface area contributed by atoms with Gasteiger partial charge < -0.3 is 26.6 Å². The summed E-state index contributed by atoms with van der Waals surface area (Å²) >= 11 is 0. The predicted molar refractivity (Wildman–Crippen MR) is 139 cm³/mol. The SMILES string of the molecule is [2H]C1([2H])C([2H])([2H])C([2H])(C[C@H](NC(=O)[C@@H]2[C@@H]3[C@H](CN2C(=O)[C@@H](NC(=O)NC(C)(C)C)C(C)(C)C)C3(C)C)C(=O)C(N)=O)C1([2H])[2H]. The molecule has 0 unspecified atom stereocenters. The molecule has 0 radical (unpaired) electrons. The minimum absolute atomic E-state index is 0.110. The first-order valence-electron chi connectivity index (χ1n) is 16.0. The third-order valence-corrected chi connectivity index (χ3v) is 7.35. The summed E-state index contributed by atoms with van der Waals surface area (Å²) in [5.41, 5.74) is 3.42. The van der Waals surface area contributed by atoms with Gasteiger partial charge in [0.25, 0.3) is 5.91 Å². The second-order valence-electron chi connectivity index (χ2n) is 12.9. The van der Waals surface area contributed by atoms with Crippen molar-refractivity contribution in [3.8, 4) is 0 Å². The second-order valence-corrected chi connectivity index (χ2v) is 12.9. The molecule has 2 aliphatic carbocycles. The second kappa shape index (κ2) is 9.91. The van der Waals surface area contributed by atoms with Gasteiger partial charge in [-0.1, -0.05) is 53.7 Å². The molecule has 3 aliphatic rings. The molecule has 3 rings (SSSR count). The zero-order valence-electron chi connectivity index (χ0n) is 29.9. The first-order chi connectivity index (χ1) is 19.5. The Kier molecular flexibility index (Phi) is 5.44. The Labute approximate surface area is 230 Å². The summed E-state index contributed by atoms with van der Waals surface area (Å²) in [6, 6.07) is -4.80. The molecule has 1 heterocycles. The summed E-state index contributed by atoms with van der Waals surface area (Å²) in [6.45, 7) is 14.5. The largest absolute Gasteiger partial charge is 0.363 e. The average Bonchev–Trinajstić information content (AvgIpc) is 3.16. The van der Waals surface area contributed by atoms with Gasteiger partial charge in [0.05, 0.1) is 6.04 Å². The average molecular weight is 527 g/mol. The highest BCUT2D eigenvalue weighted by Gasteiger charge is 2.70. The number of carbonyl (C=O) groups excluding carboxylic acids is 5. The van der Waals surface area contributed by atoms with E-state index in [0.29, 0.717) is 0 Å². The number of Topliss-reactive ketones (excluding diaryl/α,β-unsaturated/α-hetero) is 1. The summed E-state index contributed by atoms with van der Waals surface area (Å²) in [4.78, 5) is 66.8. The van der Waals surface area contributed by atoms with Crippen molar-refractivity contribution in [3.63, 3.8) is 0 Å². The van der Waals surface area contributed by atoms with E-state index in [0.717, 1.165) is 0 Å². The highest BCUT2D eigenvalue weighted by atomic mass is 16.2. The van der Waals surface area contributed by atoms with Gasteiger partial charge in [-0.05, 0) is 55.8 Å². The van der Waals surface area contributed by atoms with Crippen LogP contribution < -0.4 is 21.7 Å². The first-order valence-corrected chi connectivity index (χ1v) is 12.5. The van der Waals surface area contributed by atoms with E-state index in [1.807, 2.05) is 13.8 Å². The van der Waals surface area contributed by atoms with Crippen LogP contribution in [0.25, 0.3) is 0 Å². The van der Waals surface area contributed by atoms with Crippen LogP contribution in [0, 0.1) is 28.6 Å². The highest BCUT2D eigenvalue weighted by molar-refractivity contribution is 6.37. The van der Waals surface area contributed by atoms with Crippen molar-refractivity contribution in [2.24, 2.45) is 34.3 Å². The fraction of sp³-hybridized carbons (Fsp3) is 0.815. The molecule has 1 saturated heterocycles. The Morgan fingerprint density at radius 2 is 1.68 bits per heavy atom. The number of hydrogen-bond donors (Lipinski definition) is 4. The van der Waals surface area contributed by atoms with Crippen molar-refractivity contribution in [3.05, 3.63) is 0 Å². The summed E-state index contributed by atoms with van der Waals surface area (Å²) in [5, 5.41) is 7.80. The Hall–Kier alpha value is -2.65. The summed E-state index contributed by atoms with van der Waals surface area (Å²) in [6.07, 6.45) is -10.4. The van der Waals surface area contributed by atoms with E-state index < -0.39 is 90.0 Å². The van der Waals surface area contributed by atoms with Gasteiger partial charge in [0, 0.05) is 21.7 Å². The molecule has 0 bridgehead atoms. The van der Waals surface area contributed by atoms with E-state index in [1.165, 1.54) is 4.90 Å². The van der Waals surface area contributed by atoms with Crippen LogP contribution in [0.15, 0.2) is 0 Å². The summed E-state index contributed by atoms with van der Waals surface area (Å²) in [5.74, 6) is -7.75. The lowest BCUT2D eigenvalue weighted by Crippen LogP contribution is -2.62. The van der Waals surface area contributed by atoms with E-state index in [2.05, 4.69) is 16.0 Å². The van der Waals surface area contributed by atoms with Gasteiger partial charge >= 0.3 is 6.03 Å². The quantitative estimate of drug-likeness (QED) is 0.355. The molecular formula is C27H45N5O5. The molecule has 5 amide bonds. The number of piperidine rings is 1. The van der Waals surface area contributed by atoms with E-state index >= 15 is 0 Å². The van der Waals surface area contributed by atoms with Gasteiger partial charge in [-0.3, -0.25) is 19.2 Å². The van der Waals surface area contributed by atoms with Crippen molar-refractivity contribution in [2.75, 3.05) is 6.54 Å². The Balaban J connectivity index is 1.95. The number of urea groups is 1. The molecule has 0 spiro atoms. The molecule has 0 aromatic heterocycles. The lowest BCUT2D eigenvalue weighted by Gasteiger charge is -2.38. The summed E-state index contributed by atoms with van der Waals surface area (Å²) in [7, 11) is 0. The van der Waals surface area contributed by atoms with Gasteiger partial charge in [0.1, 0.15) is 12.1 Å². The lowest BCUT2D eigenvalue weighted by molar-refractivity contribution is -0.145. The normalized spacial score (nSPS) is 34.0. The standard InChI is InChI=1S/C27H45N5O5/c1-25(2,3)20(30-24(37)31-26(4,5)6)23(36)32-13-15-17(27(15,7)8)18(32)22(35)29-16(19(33)21(28)34)12-14-10-9-11-14/h14-18,20H,9-13H2,1-8H3,(H2,28,34)(H,29,35)(H2,30,31,37)/t15-,16-,17-,18-,20+/m0/s1/i9D2,10D2,11D2,14D. The molecule has 37 heavy (non-hydrogen) atoms. The molecule has 2 saturated carbocycles. The Morgan fingerprint density at radius 1 is 1.08 bits per heavy atom. The molecule has 10 heteroatoms. The highest BCUT2D eigenvalue weighted by Crippen LogP contribution is 2.65. The smallest absolute Gasteiger partial charge is 0.315 e. The fourth-order valence-electron chi connectivity index (χ4n) is 5.23. The van der Waals surface area contributed by atoms with Crippen molar-refractivity contribution in [1.29, 1.82) is 0 Å². The van der Waals surface area contributed by atoms with Crippen LogP contribution in [0.2, 0.25) is 0 Å². The maximum Gasteiger partial charge on any atom is 0.315 e. The Morgan fingerprint density at radius 3 is 2.19 bits per heavy atom. The van der Waals surface area contributed by atoms with Crippen LogP contribution in [0.1, 0.15) is 90.5 Å². The predicted octanol–water partition coefficient (Wildman–Crippen LogP) is 1.71. The number of carbonyl (C=O) groups is 5. The third-order valence-electron chi connectivity index (χ3n) is 7.35. The molecule has 3 fully saturated rings. The molecule has 0 aromatic rings. The first kappa shape index (κ1) is 20.3. The molecule has 10 nitrogen and oxygen atoms in total. The van der Waals surface area contributed by atoms with Gasteiger partial charge in [-0.25, -0.2) is 4.79 Å². The minimum atomic E-state index is -3.10. The molecular weight excluding hydrogens is 474 g/mol. The number of nitrogens with one attached hydrogen (secondary N) is 3. The van der Waals surface area contributed by atoms with Crippen LogP contribution in [-0.2, 0) is 19.2 Å². The van der Waals surface area contributed by atoms with Crippen LogP contribution in [0.3, 0.4) is 0 Å². The fourth-order valence-corrected chi connectivity index (χ4v) is 5.23. The van der Waals surface area contributed by atoms with E-state index in [9.17, 15) is 24.0 Å². The van der Waals surface area contributed by atoms with Crippen molar-refractivity contribution in [2.45, 2.75) is 105 Å². The third kappa shape index (κ3) is 6.26. The van der Waals surface area contributed by atoms with E-state index in [-0.39, 0.29) is 23.8 Å². The van der Waals surface area contributed by atoms with Crippen LogP contribution >= 0.6 is 0 Å². The van der Waals surface area contributed by atoms with Crippen molar-refractivity contribution >= 4 is 29.5 Å². The number of likely N-dealkylation sites (tertiary alicyclic amines) is 1. The number of rotatable bonds is 8. The molecule has 0 aromatic carbocycles. The zero-order valence-corrected chi connectivity index (χ0v) is 22.9. The van der Waals surface area contributed by atoms with Crippen LogP contribution in [0.5, 0.6) is 0 Å². The number of nitrogens with zero attached hydrogens (tertiary/aromatic N) is 1. The van der Waals surface area contributed by atoms with Crippen molar-refractivity contribution < 1.29 is 33.6 Å². The monoisotopic (exact) mass is 526 g/mol. The molecule has 5 atom stereocenters. The molecule has 1 aliphatic heterocycles. The molecule has 208 valence electrons. The maximum absolute atomic E-state index is 14.0. The van der Waals surface area contributed by atoms with Crippen molar-refractivity contribution in [1.82, 2.24) is 20.9 Å². The number of fused-ring (bicyclic) bond motifs is 1. The number of nitrogens with two attached hydrogens (primary N) is 1. The van der Waals surface area contributed by atoms with Gasteiger partial charge in [0.15, 0.2) is 0 Å². The van der Waals surface area contributed by atoms with Crippen LogP contribution in [-0.4, -0.2) is 64.6 Å². The minimum Gasteiger partial charge on any atom is -0.363 e. The Bertz CT molecular complexity index is 1240. The molecule has 5 N–H and O–H groups in total. The lowest BCUT2D eigenvalue weighted by atomic mass is 9.80. The number of hydrogen-bond acceptors (Lipinski definition) is 5. The van der Waals surface area contributed by atoms with Gasteiger partial charge in [-0.15, -0.1) is 0 Å².